The number of carboxylic acid groups (broad SMARTS) is 1. The second-order valence-electron chi connectivity index (χ2n) is 3.78. The van der Waals surface area contributed by atoms with Crippen LogP contribution < -0.4 is 5.32 Å². The van der Waals surface area contributed by atoms with Gasteiger partial charge >= 0.3 is 5.97 Å². The molecule has 1 aromatic rings. The van der Waals surface area contributed by atoms with Gasteiger partial charge in [0.2, 0.25) is 0 Å². The van der Waals surface area contributed by atoms with Crippen LogP contribution in [0.25, 0.3) is 0 Å². The Bertz CT molecular complexity index is 395. The Labute approximate surface area is 105 Å². The summed E-state index contributed by atoms with van der Waals surface area (Å²) in [6.45, 7) is 2.54. The van der Waals surface area contributed by atoms with E-state index in [2.05, 4.69) is 5.32 Å². The summed E-state index contributed by atoms with van der Waals surface area (Å²) >= 11 is 5.82. The Morgan fingerprint density at radius 3 is 2.76 bits per heavy atom. The minimum absolute atomic E-state index is 0.0887. The van der Waals surface area contributed by atoms with E-state index in [1.165, 1.54) is 6.07 Å². The molecule has 0 spiro atoms. The van der Waals surface area contributed by atoms with E-state index in [1.807, 2.05) is 6.92 Å². The maximum atomic E-state index is 10.7. The number of aliphatic hydroxyl groups excluding tert-OH is 1. The molecule has 3 N–H and O–H groups in total. The van der Waals surface area contributed by atoms with Gasteiger partial charge in [0.25, 0.3) is 0 Å². The number of anilines is 1. The Balaban J connectivity index is 2.56. The molecule has 0 aliphatic rings. The molecule has 0 radical (unpaired) electrons. The van der Waals surface area contributed by atoms with Gasteiger partial charge in [-0.05, 0) is 31.0 Å². The highest BCUT2D eigenvalue weighted by atomic mass is 35.5. The summed E-state index contributed by atoms with van der Waals surface area (Å²) in [4.78, 5) is 10.7. The number of carboxylic acids is 1. The first-order valence-electron chi connectivity index (χ1n) is 5.49. The van der Waals surface area contributed by atoms with Crippen molar-refractivity contribution in [2.45, 2.75) is 25.9 Å². The van der Waals surface area contributed by atoms with Gasteiger partial charge in [-0.2, -0.15) is 0 Å². The summed E-state index contributed by atoms with van der Waals surface area (Å²) in [5, 5.41) is 21.4. The lowest BCUT2D eigenvalue weighted by molar-refractivity contribution is 0.0697. The summed E-state index contributed by atoms with van der Waals surface area (Å²) < 4.78 is 0. The molecule has 0 aliphatic carbocycles. The van der Waals surface area contributed by atoms with E-state index < -0.39 is 5.97 Å². The first-order valence-corrected chi connectivity index (χ1v) is 5.87. The molecule has 0 fully saturated rings. The number of hydrogen-bond donors (Lipinski definition) is 3. The molecule has 1 atom stereocenters. The van der Waals surface area contributed by atoms with E-state index in [1.54, 1.807) is 12.1 Å². The van der Waals surface area contributed by atoms with E-state index in [-0.39, 0.29) is 16.7 Å². The molecule has 0 saturated heterocycles. The maximum absolute atomic E-state index is 10.7. The van der Waals surface area contributed by atoms with E-state index >= 15 is 0 Å². The zero-order valence-electron chi connectivity index (χ0n) is 9.61. The Morgan fingerprint density at radius 1 is 1.53 bits per heavy atom. The molecular formula is C12H16ClNO3. The fourth-order valence-corrected chi connectivity index (χ4v) is 1.65. The predicted octanol–water partition coefficient (Wildman–Crippen LogP) is 2.61. The Hall–Kier alpha value is -1.26. The molecule has 0 saturated carbocycles. The highest BCUT2D eigenvalue weighted by Crippen LogP contribution is 2.21. The van der Waals surface area contributed by atoms with E-state index in [4.69, 9.17) is 16.7 Å². The van der Waals surface area contributed by atoms with Crippen molar-refractivity contribution < 1.29 is 15.0 Å². The van der Waals surface area contributed by atoms with Crippen molar-refractivity contribution in [2.75, 3.05) is 11.9 Å². The molecule has 94 valence electrons. The van der Waals surface area contributed by atoms with Crippen molar-refractivity contribution in [3.05, 3.63) is 28.8 Å². The summed E-state index contributed by atoms with van der Waals surface area (Å²) in [5.74, 6) is -1.04. The predicted molar refractivity (Wildman–Crippen MR) is 67.8 cm³/mol. The maximum Gasteiger partial charge on any atom is 0.337 e. The van der Waals surface area contributed by atoms with E-state index in [0.717, 1.165) is 12.1 Å². The highest BCUT2D eigenvalue weighted by Gasteiger charge is 2.08. The molecule has 0 aromatic heterocycles. The second-order valence-corrected chi connectivity index (χ2v) is 4.18. The highest BCUT2D eigenvalue weighted by molar-refractivity contribution is 6.33. The molecule has 0 aliphatic heterocycles. The van der Waals surface area contributed by atoms with Crippen molar-refractivity contribution in [1.29, 1.82) is 0 Å². The molecular weight excluding hydrogens is 242 g/mol. The topological polar surface area (TPSA) is 69.6 Å². The lowest BCUT2D eigenvalue weighted by Crippen LogP contribution is -2.12. The standard InChI is InChI=1S/C12H16ClNO3/c1-2-9(15)5-6-14-8-3-4-10(12(16)17)11(13)7-8/h3-4,7,9,14-15H,2,5-6H2,1H3,(H,16,17). The summed E-state index contributed by atoms with van der Waals surface area (Å²) in [5.41, 5.74) is 0.842. The summed E-state index contributed by atoms with van der Waals surface area (Å²) in [7, 11) is 0. The van der Waals surface area contributed by atoms with Gasteiger partial charge in [0.05, 0.1) is 16.7 Å². The average molecular weight is 258 g/mol. The minimum atomic E-state index is -1.04. The largest absolute Gasteiger partial charge is 0.478 e. The van der Waals surface area contributed by atoms with Gasteiger partial charge in [-0.3, -0.25) is 0 Å². The fourth-order valence-electron chi connectivity index (χ4n) is 1.39. The van der Waals surface area contributed by atoms with Crippen LogP contribution >= 0.6 is 11.6 Å². The molecule has 0 amide bonds. The summed E-state index contributed by atoms with van der Waals surface area (Å²) in [6, 6.07) is 4.69. The number of aliphatic hydroxyl groups is 1. The third kappa shape index (κ3) is 4.24. The van der Waals surface area contributed by atoms with Crippen LogP contribution in [0.2, 0.25) is 5.02 Å². The number of halogens is 1. The Kier molecular flexibility index (Phi) is 5.25. The smallest absolute Gasteiger partial charge is 0.337 e. The lowest BCUT2D eigenvalue weighted by Gasteiger charge is -2.10. The third-order valence-corrected chi connectivity index (χ3v) is 2.79. The van der Waals surface area contributed by atoms with Crippen LogP contribution in [0.1, 0.15) is 30.1 Å². The molecule has 1 aromatic carbocycles. The van der Waals surface area contributed by atoms with Crippen LogP contribution in [0.15, 0.2) is 18.2 Å². The number of carbonyl (C=O) groups is 1. The molecule has 0 bridgehead atoms. The quantitative estimate of drug-likeness (QED) is 0.733. The molecule has 17 heavy (non-hydrogen) atoms. The second kappa shape index (κ2) is 6.47. The molecule has 4 nitrogen and oxygen atoms in total. The van der Waals surface area contributed by atoms with E-state index in [9.17, 15) is 9.90 Å². The number of rotatable bonds is 6. The van der Waals surface area contributed by atoms with Gasteiger partial charge in [-0.1, -0.05) is 18.5 Å². The number of hydrogen-bond acceptors (Lipinski definition) is 3. The van der Waals surface area contributed by atoms with Gasteiger partial charge in [0, 0.05) is 12.2 Å². The first-order chi connectivity index (χ1) is 8.04. The van der Waals surface area contributed by atoms with Crippen LogP contribution in [0.5, 0.6) is 0 Å². The zero-order valence-corrected chi connectivity index (χ0v) is 10.4. The van der Waals surface area contributed by atoms with Crippen LogP contribution in [0, 0.1) is 0 Å². The average Bonchev–Trinajstić information content (AvgIpc) is 2.28. The van der Waals surface area contributed by atoms with Gasteiger partial charge in [-0.25, -0.2) is 4.79 Å². The Morgan fingerprint density at radius 2 is 2.24 bits per heavy atom. The number of aromatic carboxylic acids is 1. The SMILES string of the molecule is CCC(O)CCNc1ccc(C(=O)O)c(Cl)c1. The molecule has 5 heteroatoms. The van der Waals surface area contributed by atoms with Gasteiger partial charge in [0.1, 0.15) is 0 Å². The lowest BCUT2D eigenvalue weighted by atomic mass is 10.2. The van der Waals surface area contributed by atoms with Gasteiger partial charge in [0.15, 0.2) is 0 Å². The van der Waals surface area contributed by atoms with Crippen LogP contribution in [-0.2, 0) is 0 Å². The van der Waals surface area contributed by atoms with Crippen molar-refractivity contribution in [3.63, 3.8) is 0 Å². The monoisotopic (exact) mass is 257 g/mol. The van der Waals surface area contributed by atoms with Crippen molar-refractivity contribution in [2.24, 2.45) is 0 Å². The minimum Gasteiger partial charge on any atom is -0.478 e. The van der Waals surface area contributed by atoms with Crippen LogP contribution in [0.4, 0.5) is 5.69 Å². The van der Waals surface area contributed by atoms with Crippen molar-refractivity contribution >= 4 is 23.3 Å². The molecule has 1 rings (SSSR count). The summed E-state index contributed by atoms with van der Waals surface area (Å²) in [6.07, 6.45) is 1.06. The number of nitrogens with one attached hydrogen (secondary N) is 1. The van der Waals surface area contributed by atoms with Gasteiger partial charge in [-0.15, -0.1) is 0 Å². The first kappa shape index (κ1) is 13.8. The van der Waals surface area contributed by atoms with Crippen LogP contribution in [-0.4, -0.2) is 28.8 Å². The molecule has 1 unspecified atom stereocenters. The van der Waals surface area contributed by atoms with Crippen molar-refractivity contribution in [3.8, 4) is 0 Å². The molecule has 0 heterocycles. The van der Waals surface area contributed by atoms with Crippen molar-refractivity contribution in [1.82, 2.24) is 0 Å². The third-order valence-electron chi connectivity index (χ3n) is 2.48. The van der Waals surface area contributed by atoms with E-state index in [0.29, 0.717) is 13.0 Å². The fraction of sp³-hybridized carbons (Fsp3) is 0.417. The number of benzene rings is 1. The normalized spacial score (nSPS) is 12.2. The van der Waals surface area contributed by atoms with Gasteiger partial charge < -0.3 is 15.5 Å². The van der Waals surface area contributed by atoms with Crippen LogP contribution in [0.3, 0.4) is 0 Å². The zero-order chi connectivity index (χ0) is 12.8.